The maximum absolute atomic E-state index is 14.5. The Bertz CT molecular complexity index is 4250. The Morgan fingerprint density at radius 3 is 2.07 bits per heavy atom. The normalized spacial score (nSPS) is 15.8. The summed E-state index contributed by atoms with van der Waals surface area (Å²) in [5.74, 6) is -4.24. The summed E-state index contributed by atoms with van der Waals surface area (Å²) in [5.41, 5.74) is 4.70. The molecule has 0 radical (unpaired) electrons. The van der Waals surface area contributed by atoms with E-state index >= 15 is 0 Å². The molecule has 3 aliphatic rings. The number of carbonyl (C=O) groups is 9. The highest BCUT2D eigenvalue weighted by atomic mass is 32.2. The van der Waals surface area contributed by atoms with Gasteiger partial charge in [-0.25, -0.2) is 29.0 Å². The molecule has 580 valence electrons. The molecule has 108 heavy (non-hydrogen) atoms. The summed E-state index contributed by atoms with van der Waals surface area (Å²) in [7, 11) is 5.98. The first-order chi connectivity index (χ1) is 51.9. The van der Waals surface area contributed by atoms with Gasteiger partial charge in [-0.1, -0.05) is 84.4 Å². The molecule has 9 N–H and O–H groups in total. The van der Waals surface area contributed by atoms with E-state index in [2.05, 4.69) is 54.2 Å². The van der Waals surface area contributed by atoms with Crippen LogP contribution in [0.25, 0.3) is 22.3 Å². The number of quaternary nitrogens is 1. The van der Waals surface area contributed by atoms with E-state index in [4.69, 9.17) is 33.4 Å². The number of aromatic nitrogens is 2. The van der Waals surface area contributed by atoms with Crippen molar-refractivity contribution >= 4 is 99.3 Å². The molecule has 9 rings (SSSR count). The number of esters is 3. The number of urea groups is 3. The lowest BCUT2D eigenvalue weighted by Crippen LogP contribution is -2.57. The Morgan fingerprint density at radius 2 is 1.38 bits per heavy atom. The Kier molecular flexibility index (Phi) is 29.7. The van der Waals surface area contributed by atoms with Crippen molar-refractivity contribution in [2.24, 2.45) is 5.92 Å². The minimum Gasteiger partial charge on any atom is -0.460 e. The summed E-state index contributed by atoms with van der Waals surface area (Å²) in [6, 6.07) is 25.4. The second-order valence-electron chi connectivity index (χ2n) is 28.0. The van der Waals surface area contributed by atoms with Gasteiger partial charge in [0.2, 0.25) is 23.3 Å². The number of fused-ring (bicyclic) bond motifs is 5. The number of likely N-dealkylation sites (N-methyl/N-ethyl adjacent to an activating group) is 1. The number of nitrogens with one attached hydrogen (secondary N) is 9. The van der Waals surface area contributed by atoms with Crippen LogP contribution in [0.1, 0.15) is 127 Å². The molecule has 0 spiro atoms. The number of amides is 9. The molecule has 29 nitrogen and oxygen atoms in total. The molecule has 5 heterocycles. The Morgan fingerprint density at radius 1 is 0.704 bits per heavy atom. The highest BCUT2D eigenvalue weighted by molar-refractivity contribution is 8.00. The minimum atomic E-state index is -2.02. The largest absolute Gasteiger partial charge is 0.460 e. The number of nitrogens with zero attached hydrogens (tertiary/aromatic N) is 4. The topological polar surface area (TPSA) is 355 Å². The number of carbonyl (C=O) groups excluding carboxylic acids is 9. The van der Waals surface area contributed by atoms with Gasteiger partial charge in [0, 0.05) is 70.2 Å². The number of pyridine rings is 2. The van der Waals surface area contributed by atoms with Crippen molar-refractivity contribution in [3.63, 3.8) is 0 Å². The average molecular weight is 1510 g/mol. The number of ether oxygens (including phenoxy) is 6. The minimum absolute atomic E-state index is 0.0472. The molecule has 5 atom stereocenters. The fourth-order valence-corrected chi connectivity index (χ4v) is 13.6. The van der Waals surface area contributed by atoms with Crippen molar-refractivity contribution in [2.45, 2.75) is 147 Å². The van der Waals surface area contributed by atoms with E-state index in [-0.39, 0.29) is 114 Å². The molecule has 5 unspecified atom stereocenters. The van der Waals surface area contributed by atoms with Crippen LogP contribution >= 0.6 is 11.9 Å². The summed E-state index contributed by atoms with van der Waals surface area (Å²) in [6.07, 6.45) is 2.90. The predicted molar refractivity (Wildman–Crippen MR) is 410 cm³/mol. The van der Waals surface area contributed by atoms with Crippen LogP contribution in [0.5, 0.6) is 0 Å². The third-order valence-electron chi connectivity index (χ3n) is 18.6. The first-order valence-corrected chi connectivity index (χ1v) is 37.8. The fraction of sp³-hybridized carbons (Fsp3) is 0.474. The number of hydrogen-bond acceptors (Lipinski definition) is 19. The third-order valence-corrected chi connectivity index (χ3v) is 19.5. The summed E-state index contributed by atoms with van der Waals surface area (Å²) in [6.45, 7) is 13.9. The summed E-state index contributed by atoms with van der Waals surface area (Å²) in [4.78, 5) is 144. The highest BCUT2D eigenvalue weighted by Crippen LogP contribution is 2.43. The van der Waals surface area contributed by atoms with Gasteiger partial charge in [-0.3, -0.25) is 24.0 Å². The Hall–Kier alpha value is -10.1. The van der Waals surface area contributed by atoms with Crippen LogP contribution < -0.4 is 52.8 Å². The maximum Gasteiger partial charge on any atom is 0.355 e. The van der Waals surface area contributed by atoms with Crippen LogP contribution in [0, 0.1) is 5.92 Å². The van der Waals surface area contributed by atoms with E-state index in [9.17, 15) is 47.9 Å². The van der Waals surface area contributed by atoms with E-state index in [0.717, 1.165) is 33.3 Å². The Balaban J connectivity index is 0.656. The average Bonchev–Trinajstić information content (AvgIpc) is 1.49. The molecule has 30 heteroatoms. The third kappa shape index (κ3) is 22.0. The molecule has 3 aliphatic heterocycles. The van der Waals surface area contributed by atoms with Crippen molar-refractivity contribution in [1.29, 1.82) is 0 Å². The van der Waals surface area contributed by atoms with Crippen molar-refractivity contribution in [3.8, 4) is 11.4 Å². The number of anilines is 4. The molecule has 1 fully saturated rings. The van der Waals surface area contributed by atoms with E-state index in [1.54, 1.807) is 61.7 Å². The van der Waals surface area contributed by atoms with E-state index < -0.39 is 83.4 Å². The Labute approximate surface area is 633 Å². The summed E-state index contributed by atoms with van der Waals surface area (Å²) >= 11 is 1.33. The second kappa shape index (κ2) is 39.1. The molecule has 0 bridgehead atoms. The second-order valence-corrected chi connectivity index (χ2v) is 28.9. The van der Waals surface area contributed by atoms with Gasteiger partial charge in [0.1, 0.15) is 37.9 Å². The van der Waals surface area contributed by atoms with E-state index in [1.807, 2.05) is 102 Å². The zero-order chi connectivity index (χ0) is 77.5. The number of cyclic esters (lactones) is 1. The van der Waals surface area contributed by atoms with Crippen molar-refractivity contribution in [2.75, 3.05) is 114 Å². The standard InChI is InChI=1S/C78H101N13O16S/c1-10-19-62(72(96)89-34-18-26-64(89)70(94)87-68(49(5)6)73(97)107-78(13-4)60-45-65-69-58(47-90(65)71(95)59(60)48-106-74(78)98)56(12-3)57-24-14-15-25-61(57)85-69)84-66(92)31-36-102-39-41-104-42-40-103-37-33-80-76(100)81-51-27-29-52(30-28-51)82-77(101)86-63(46-67(93)105-38-35-91(7,8)9)50-20-16-22-54(43-50)88-108-55-23-17-21-53(44-55)83-75(99)79-32-11-2/h14-17,20-25,27-30,43-45,49,62-64,68,88H,10-13,18-19,26,31-42,46-48H2,1-9H3,(H7-,79,80,81,82,83,84,85,86,87,92,94,95,99,100,101)/p+1. The van der Waals surface area contributed by atoms with Crippen molar-refractivity contribution in [1.82, 2.24) is 41.0 Å². The quantitative estimate of drug-likeness (QED) is 0.00572. The summed E-state index contributed by atoms with van der Waals surface area (Å²) < 4.78 is 39.8. The van der Waals surface area contributed by atoms with Crippen molar-refractivity contribution in [3.05, 3.63) is 141 Å². The number of benzene rings is 4. The molecule has 2 aromatic heterocycles. The molecular weight excluding hydrogens is 1410 g/mol. The number of para-hydroxylation sites is 1. The molecule has 4 aromatic carbocycles. The van der Waals surface area contributed by atoms with E-state index in [1.165, 1.54) is 16.8 Å². The van der Waals surface area contributed by atoms with Gasteiger partial charge in [0.25, 0.3) is 5.56 Å². The lowest BCUT2D eigenvalue weighted by atomic mass is 9.85. The number of likely N-dealkylation sites (tertiary alicyclic amines) is 1. The number of aryl methyl sites for hydroxylation is 1. The molecule has 6 aromatic rings. The molecular formula is C78H102N13O16S+. The van der Waals surface area contributed by atoms with Gasteiger partial charge >= 0.3 is 36.0 Å². The van der Waals surface area contributed by atoms with Gasteiger partial charge < -0.3 is 89.6 Å². The van der Waals surface area contributed by atoms with Gasteiger partial charge in [-0.15, -0.1) is 0 Å². The number of hydrogen-bond donors (Lipinski definition) is 9. The van der Waals surface area contributed by atoms with Gasteiger partial charge in [0.05, 0.1) is 102 Å². The van der Waals surface area contributed by atoms with Gasteiger partial charge in [0.15, 0.2) is 0 Å². The lowest BCUT2D eigenvalue weighted by molar-refractivity contribution is -0.870. The fourth-order valence-electron chi connectivity index (χ4n) is 13.0. The van der Waals surface area contributed by atoms with Crippen LogP contribution in [0.3, 0.4) is 0 Å². The smallest absolute Gasteiger partial charge is 0.355 e. The van der Waals surface area contributed by atoms with Crippen molar-refractivity contribution < 1.29 is 76.1 Å². The number of rotatable bonds is 38. The lowest BCUT2D eigenvalue weighted by Gasteiger charge is -2.37. The first-order valence-electron chi connectivity index (χ1n) is 37.0. The van der Waals surface area contributed by atoms with Gasteiger partial charge in [-0.2, -0.15) is 0 Å². The maximum atomic E-state index is 14.5. The van der Waals surface area contributed by atoms with Crippen LogP contribution in [-0.2, 0) is 82.4 Å². The molecule has 0 aliphatic carbocycles. The zero-order valence-electron chi connectivity index (χ0n) is 63.0. The molecule has 0 saturated carbocycles. The molecule has 9 amide bonds. The van der Waals surface area contributed by atoms with Crippen LogP contribution in [0.2, 0.25) is 0 Å². The first kappa shape index (κ1) is 81.9. The van der Waals surface area contributed by atoms with Crippen LogP contribution in [-0.4, -0.2) is 184 Å². The van der Waals surface area contributed by atoms with Crippen LogP contribution in [0.4, 0.5) is 37.1 Å². The van der Waals surface area contributed by atoms with Gasteiger partial charge in [-0.05, 0) is 134 Å². The van der Waals surface area contributed by atoms with Crippen LogP contribution in [0.15, 0.2) is 113 Å². The predicted octanol–water partition coefficient (Wildman–Crippen LogP) is 9.02. The molecule has 1 saturated heterocycles. The highest BCUT2D eigenvalue weighted by Gasteiger charge is 2.52. The summed E-state index contributed by atoms with van der Waals surface area (Å²) in [5, 5.41) is 23.5. The zero-order valence-corrected chi connectivity index (χ0v) is 63.8. The SMILES string of the molecule is CCCNC(=O)Nc1cccc(SNc2cccc(C(CC(=O)OCC[N+](C)(C)C)NC(=O)Nc3ccc(NC(=O)NCCOCCOCCOCCC(=O)NC(CCC)C(=O)N4CCCC4C(=O)NC(C(=O)OC4(CC)C(=O)OCc5c4cc4n(c5=O)Cc5c-4nc4ccccc4c5CC)C(C)C)cc3)c2)c1. The monoisotopic (exact) mass is 1510 g/mol. The van der Waals surface area contributed by atoms with E-state index in [0.29, 0.717) is 89.4 Å².